The number of ether oxygens (including phenoxy) is 1. The number of piperidine rings is 1. The maximum atomic E-state index is 10.6. The monoisotopic (exact) mass is 291 g/mol. The van der Waals surface area contributed by atoms with Gasteiger partial charge < -0.3 is 9.84 Å². The molecule has 1 N–H and O–H groups in total. The fraction of sp³-hybridized carbons (Fsp3) is 0.588. The standard InChI is InChI=1S/C17H25NO3/c1-13(2)17(14-6-4-3-5-7-14)18-10-8-15(9-11-18)21-12-16(19)20/h3-7,13,15,17H,8-12H2,1-2H3,(H,19,20). The van der Waals surface area contributed by atoms with E-state index in [0.29, 0.717) is 12.0 Å². The first-order chi connectivity index (χ1) is 10.1. The number of hydrogen-bond donors (Lipinski definition) is 1. The summed E-state index contributed by atoms with van der Waals surface area (Å²) in [5, 5.41) is 8.67. The molecule has 4 nitrogen and oxygen atoms in total. The van der Waals surface area contributed by atoms with Gasteiger partial charge in [0.25, 0.3) is 0 Å². The van der Waals surface area contributed by atoms with Gasteiger partial charge in [0.2, 0.25) is 0 Å². The summed E-state index contributed by atoms with van der Waals surface area (Å²) in [6.07, 6.45) is 1.90. The maximum absolute atomic E-state index is 10.6. The Bertz CT molecular complexity index is 439. The number of rotatable bonds is 6. The Kier molecular flexibility index (Phi) is 5.76. The van der Waals surface area contributed by atoms with Crippen LogP contribution in [0.2, 0.25) is 0 Å². The molecular formula is C17H25NO3. The summed E-state index contributed by atoms with van der Waals surface area (Å²) < 4.78 is 5.41. The predicted octanol–water partition coefficient (Wildman–Crippen LogP) is 2.95. The molecule has 1 aliphatic rings. The van der Waals surface area contributed by atoms with Crippen LogP contribution in [-0.2, 0) is 9.53 Å². The fourth-order valence-electron chi connectivity index (χ4n) is 3.18. The highest BCUT2D eigenvalue weighted by Crippen LogP contribution is 2.31. The smallest absolute Gasteiger partial charge is 0.329 e. The summed E-state index contributed by atoms with van der Waals surface area (Å²) in [5.74, 6) is -0.342. The van der Waals surface area contributed by atoms with E-state index in [-0.39, 0.29) is 12.7 Å². The van der Waals surface area contributed by atoms with E-state index in [4.69, 9.17) is 9.84 Å². The second-order valence-corrected chi connectivity index (χ2v) is 6.04. The Morgan fingerprint density at radius 1 is 1.29 bits per heavy atom. The van der Waals surface area contributed by atoms with Gasteiger partial charge in [0.15, 0.2) is 0 Å². The molecule has 1 atom stereocenters. The zero-order valence-electron chi connectivity index (χ0n) is 12.9. The van der Waals surface area contributed by atoms with E-state index in [1.165, 1.54) is 5.56 Å². The van der Waals surface area contributed by atoms with Crippen molar-refractivity contribution in [1.29, 1.82) is 0 Å². The molecule has 1 saturated heterocycles. The first-order valence-corrected chi connectivity index (χ1v) is 7.70. The van der Waals surface area contributed by atoms with E-state index < -0.39 is 5.97 Å². The first kappa shape index (κ1) is 16.0. The number of likely N-dealkylation sites (tertiary alicyclic amines) is 1. The number of benzene rings is 1. The molecule has 1 aromatic rings. The van der Waals surface area contributed by atoms with Gasteiger partial charge in [-0.2, -0.15) is 0 Å². The largest absolute Gasteiger partial charge is 0.480 e. The lowest BCUT2D eigenvalue weighted by atomic mass is 9.92. The van der Waals surface area contributed by atoms with Gasteiger partial charge in [-0.05, 0) is 24.3 Å². The third-order valence-electron chi connectivity index (χ3n) is 4.09. The number of aliphatic carboxylic acids is 1. The van der Waals surface area contributed by atoms with Gasteiger partial charge in [-0.1, -0.05) is 44.2 Å². The van der Waals surface area contributed by atoms with Crippen LogP contribution in [0.1, 0.15) is 38.3 Å². The molecular weight excluding hydrogens is 266 g/mol. The minimum Gasteiger partial charge on any atom is -0.480 e. The van der Waals surface area contributed by atoms with Gasteiger partial charge in [0.1, 0.15) is 6.61 Å². The average molecular weight is 291 g/mol. The molecule has 0 bridgehead atoms. The van der Waals surface area contributed by atoms with Crippen molar-refractivity contribution in [3.8, 4) is 0 Å². The van der Waals surface area contributed by atoms with Gasteiger partial charge in [-0.3, -0.25) is 4.90 Å². The van der Waals surface area contributed by atoms with Crippen molar-refractivity contribution in [3.63, 3.8) is 0 Å². The number of carboxylic acid groups (broad SMARTS) is 1. The lowest BCUT2D eigenvalue weighted by molar-refractivity contribution is -0.145. The van der Waals surface area contributed by atoms with E-state index >= 15 is 0 Å². The molecule has 1 unspecified atom stereocenters. The first-order valence-electron chi connectivity index (χ1n) is 7.70. The van der Waals surface area contributed by atoms with Gasteiger partial charge >= 0.3 is 5.97 Å². The highest BCUT2D eigenvalue weighted by atomic mass is 16.5. The normalized spacial score (nSPS) is 18.8. The van der Waals surface area contributed by atoms with E-state index in [1.54, 1.807) is 0 Å². The number of hydrogen-bond acceptors (Lipinski definition) is 3. The SMILES string of the molecule is CC(C)C(c1ccccc1)N1CCC(OCC(=O)O)CC1. The Morgan fingerprint density at radius 3 is 2.43 bits per heavy atom. The van der Waals surface area contributed by atoms with Crippen LogP contribution in [0.5, 0.6) is 0 Å². The van der Waals surface area contributed by atoms with Crippen LogP contribution in [0.4, 0.5) is 0 Å². The molecule has 2 rings (SSSR count). The van der Waals surface area contributed by atoms with E-state index in [0.717, 1.165) is 25.9 Å². The molecule has 1 heterocycles. The predicted molar refractivity (Wildman–Crippen MR) is 82.2 cm³/mol. The van der Waals surface area contributed by atoms with Gasteiger partial charge in [-0.25, -0.2) is 4.79 Å². The molecule has 0 aromatic heterocycles. The molecule has 0 aliphatic carbocycles. The van der Waals surface area contributed by atoms with E-state index in [9.17, 15) is 4.79 Å². The second kappa shape index (κ2) is 7.57. The molecule has 1 aromatic carbocycles. The van der Waals surface area contributed by atoms with Crippen LogP contribution in [-0.4, -0.2) is 41.8 Å². The Morgan fingerprint density at radius 2 is 1.90 bits per heavy atom. The lowest BCUT2D eigenvalue weighted by Gasteiger charge is -2.39. The number of carbonyl (C=O) groups is 1. The summed E-state index contributed by atoms with van der Waals surface area (Å²) in [6, 6.07) is 11.0. The van der Waals surface area contributed by atoms with Crippen molar-refractivity contribution < 1.29 is 14.6 Å². The maximum Gasteiger partial charge on any atom is 0.329 e. The number of nitrogens with zero attached hydrogens (tertiary/aromatic N) is 1. The third kappa shape index (κ3) is 4.55. The van der Waals surface area contributed by atoms with Gasteiger partial charge in [-0.15, -0.1) is 0 Å². The van der Waals surface area contributed by atoms with Crippen LogP contribution in [0, 0.1) is 5.92 Å². The van der Waals surface area contributed by atoms with Crippen LogP contribution in [0.15, 0.2) is 30.3 Å². The van der Waals surface area contributed by atoms with Crippen LogP contribution >= 0.6 is 0 Å². The topological polar surface area (TPSA) is 49.8 Å². The third-order valence-corrected chi connectivity index (χ3v) is 4.09. The molecule has 116 valence electrons. The molecule has 0 radical (unpaired) electrons. The summed E-state index contributed by atoms with van der Waals surface area (Å²) in [7, 11) is 0. The van der Waals surface area contributed by atoms with Crippen LogP contribution in [0.3, 0.4) is 0 Å². The summed E-state index contributed by atoms with van der Waals surface area (Å²) in [6.45, 7) is 6.25. The quantitative estimate of drug-likeness (QED) is 0.875. The van der Waals surface area contributed by atoms with Crippen molar-refractivity contribution in [2.24, 2.45) is 5.92 Å². The summed E-state index contributed by atoms with van der Waals surface area (Å²) >= 11 is 0. The Balaban J connectivity index is 1.94. The molecule has 21 heavy (non-hydrogen) atoms. The average Bonchev–Trinajstić information content (AvgIpc) is 2.47. The van der Waals surface area contributed by atoms with E-state index in [2.05, 4.69) is 43.0 Å². The molecule has 1 aliphatic heterocycles. The molecule has 0 saturated carbocycles. The lowest BCUT2D eigenvalue weighted by Crippen LogP contribution is -2.41. The Hall–Kier alpha value is -1.39. The fourth-order valence-corrected chi connectivity index (χ4v) is 3.18. The zero-order chi connectivity index (χ0) is 15.2. The van der Waals surface area contributed by atoms with Crippen molar-refractivity contribution in [3.05, 3.63) is 35.9 Å². The van der Waals surface area contributed by atoms with Crippen molar-refractivity contribution in [2.75, 3.05) is 19.7 Å². The van der Waals surface area contributed by atoms with Crippen LogP contribution < -0.4 is 0 Å². The van der Waals surface area contributed by atoms with E-state index in [1.807, 2.05) is 6.07 Å². The highest BCUT2D eigenvalue weighted by Gasteiger charge is 2.28. The summed E-state index contributed by atoms with van der Waals surface area (Å²) in [5.41, 5.74) is 1.36. The molecule has 1 fully saturated rings. The van der Waals surface area contributed by atoms with Crippen molar-refractivity contribution in [2.45, 2.75) is 38.8 Å². The minimum atomic E-state index is -0.887. The van der Waals surface area contributed by atoms with Crippen molar-refractivity contribution in [1.82, 2.24) is 4.90 Å². The highest BCUT2D eigenvalue weighted by molar-refractivity contribution is 5.68. The van der Waals surface area contributed by atoms with Crippen molar-refractivity contribution >= 4 is 5.97 Å². The Labute approximate surface area is 126 Å². The molecule has 0 spiro atoms. The van der Waals surface area contributed by atoms with Gasteiger partial charge in [0.05, 0.1) is 6.10 Å². The molecule has 0 amide bonds. The number of carboxylic acids is 1. The molecule has 4 heteroatoms. The summed E-state index contributed by atoms with van der Waals surface area (Å²) in [4.78, 5) is 13.1. The van der Waals surface area contributed by atoms with Crippen LogP contribution in [0.25, 0.3) is 0 Å². The minimum absolute atomic E-state index is 0.0842. The second-order valence-electron chi connectivity index (χ2n) is 6.04. The zero-order valence-corrected chi connectivity index (χ0v) is 12.9. The van der Waals surface area contributed by atoms with Gasteiger partial charge in [0, 0.05) is 19.1 Å².